The molecule has 0 aromatic heterocycles. The number of para-hydroxylation sites is 3. The summed E-state index contributed by atoms with van der Waals surface area (Å²) >= 11 is 0. The zero-order chi connectivity index (χ0) is 15.2. The van der Waals surface area contributed by atoms with Crippen molar-refractivity contribution in [3.05, 3.63) is 91.0 Å². The lowest BCUT2D eigenvalue weighted by Gasteiger charge is -2.27. The van der Waals surface area contributed by atoms with Crippen molar-refractivity contribution in [1.82, 2.24) is 0 Å². The molecule has 3 aromatic carbocycles. The smallest absolute Gasteiger partial charge is 0.355 e. The number of rotatable bonds is 5. The van der Waals surface area contributed by atoms with Crippen molar-refractivity contribution in [2.24, 2.45) is 0 Å². The van der Waals surface area contributed by atoms with E-state index in [1.807, 2.05) is 95.7 Å². The van der Waals surface area contributed by atoms with Gasteiger partial charge in [0.1, 0.15) is 5.75 Å². The first-order chi connectivity index (χ1) is 10.8. The molecule has 3 rings (SSSR count). The molecule has 0 heterocycles. The molecule has 0 saturated carbocycles. The molecular weight excluding hydrogens is 293 g/mol. The summed E-state index contributed by atoms with van der Waals surface area (Å²) in [5.41, 5.74) is 1.77. The summed E-state index contributed by atoms with van der Waals surface area (Å²) in [4.78, 5) is 10.6. The number of benzene rings is 3. The van der Waals surface area contributed by atoms with Crippen LogP contribution in [0.5, 0.6) is 5.75 Å². The Hall–Kier alpha value is -2.35. The van der Waals surface area contributed by atoms with Crippen LogP contribution in [0.4, 0.5) is 11.4 Å². The van der Waals surface area contributed by atoms with Crippen molar-refractivity contribution in [3.8, 4) is 5.75 Å². The van der Waals surface area contributed by atoms with Crippen molar-refractivity contribution in [3.63, 3.8) is 0 Å². The fraction of sp³-hybridized carbons (Fsp3) is 0. The van der Waals surface area contributed by atoms with Crippen molar-refractivity contribution in [1.29, 1.82) is 0 Å². The Labute approximate surface area is 131 Å². The zero-order valence-electron chi connectivity index (χ0n) is 11.9. The molecule has 3 aromatic rings. The van der Waals surface area contributed by atoms with Crippen LogP contribution in [0.3, 0.4) is 0 Å². The van der Waals surface area contributed by atoms with Crippen LogP contribution in [-0.4, -0.2) is 4.89 Å². The van der Waals surface area contributed by atoms with Gasteiger partial charge >= 0.3 is 8.53 Å². The average molecular weight is 309 g/mol. The third-order valence-corrected chi connectivity index (χ3v) is 4.28. The van der Waals surface area contributed by atoms with E-state index in [-0.39, 0.29) is 0 Å². The second-order valence-electron chi connectivity index (χ2n) is 4.64. The molecule has 3 nitrogen and oxygen atoms in total. The normalized spacial score (nSPS) is 11.7. The molecule has 0 aliphatic heterocycles. The molecule has 0 aliphatic rings. The van der Waals surface area contributed by atoms with Gasteiger partial charge in [-0.1, -0.05) is 54.6 Å². The van der Waals surface area contributed by atoms with Crippen LogP contribution < -0.4 is 9.19 Å². The molecule has 4 heteroatoms. The van der Waals surface area contributed by atoms with E-state index in [9.17, 15) is 4.89 Å². The maximum Gasteiger partial charge on any atom is 0.355 e. The SMILES string of the molecule is OP(Oc1ccccc1)N(c1ccccc1)c1ccccc1. The van der Waals surface area contributed by atoms with Gasteiger partial charge in [-0.3, -0.25) is 4.67 Å². The summed E-state index contributed by atoms with van der Waals surface area (Å²) in [6, 6.07) is 28.8. The van der Waals surface area contributed by atoms with Crippen LogP contribution in [0.15, 0.2) is 91.0 Å². The summed E-state index contributed by atoms with van der Waals surface area (Å²) in [5.74, 6) is 0.646. The molecule has 0 fully saturated rings. The Balaban J connectivity index is 1.92. The molecule has 22 heavy (non-hydrogen) atoms. The summed E-state index contributed by atoms with van der Waals surface area (Å²) in [6.07, 6.45) is 0. The minimum absolute atomic E-state index is 0.646. The molecular formula is C18H16NO2P. The molecule has 1 atom stereocenters. The van der Waals surface area contributed by atoms with E-state index in [1.54, 1.807) is 0 Å². The predicted octanol–water partition coefficient (Wildman–Crippen LogP) is 5.12. The van der Waals surface area contributed by atoms with Gasteiger partial charge in [0.2, 0.25) is 0 Å². The second-order valence-corrected chi connectivity index (χ2v) is 5.73. The molecule has 110 valence electrons. The Morgan fingerprint density at radius 3 is 1.50 bits per heavy atom. The maximum atomic E-state index is 10.6. The largest absolute Gasteiger partial charge is 0.432 e. The Morgan fingerprint density at radius 2 is 1.05 bits per heavy atom. The predicted molar refractivity (Wildman–Crippen MR) is 91.2 cm³/mol. The van der Waals surface area contributed by atoms with Gasteiger partial charge in [-0.05, 0) is 36.4 Å². The highest BCUT2D eigenvalue weighted by Crippen LogP contribution is 2.46. The van der Waals surface area contributed by atoms with Crippen molar-refractivity contribution >= 4 is 19.9 Å². The van der Waals surface area contributed by atoms with Gasteiger partial charge < -0.3 is 9.42 Å². The van der Waals surface area contributed by atoms with Crippen LogP contribution >= 0.6 is 8.53 Å². The Bertz CT molecular complexity index is 653. The van der Waals surface area contributed by atoms with Crippen molar-refractivity contribution in [2.75, 3.05) is 4.67 Å². The van der Waals surface area contributed by atoms with Crippen LogP contribution in [0, 0.1) is 0 Å². The number of nitrogens with zero attached hydrogens (tertiary/aromatic N) is 1. The summed E-state index contributed by atoms with van der Waals surface area (Å²) < 4.78 is 7.54. The molecule has 1 N–H and O–H groups in total. The quantitative estimate of drug-likeness (QED) is 0.664. The fourth-order valence-corrected chi connectivity index (χ4v) is 3.16. The lowest BCUT2D eigenvalue weighted by atomic mass is 10.3. The number of hydrogen-bond donors (Lipinski definition) is 1. The van der Waals surface area contributed by atoms with Gasteiger partial charge in [-0.15, -0.1) is 0 Å². The Kier molecular flexibility index (Phi) is 4.69. The van der Waals surface area contributed by atoms with Crippen molar-refractivity contribution in [2.45, 2.75) is 0 Å². The average Bonchev–Trinajstić information content (AvgIpc) is 2.58. The van der Waals surface area contributed by atoms with E-state index in [4.69, 9.17) is 4.52 Å². The van der Waals surface area contributed by atoms with Crippen LogP contribution in [0.25, 0.3) is 0 Å². The highest BCUT2D eigenvalue weighted by molar-refractivity contribution is 7.49. The summed E-state index contributed by atoms with van der Waals surface area (Å²) in [7, 11) is -1.84. The molecule has 1 unspecified atom stereocenters. The monoisotopic (exact) mass is 309 g/mol. The van der Waals surface area contributed by atoms with Gasteiger partial charge in [-0.2, -0.15) is 0 Å². The van der Waals surface area contributed by atoms with Crippen LogP contribution in [-0.2, 0) is 0 Å². The lowest BCUT2D eigenvalue weighted by molar-refractivity contribution is 0.486. The fourth-order valence-electron chi connectivity index (χ4n) is 2.10. The molecule has 0 saturated heterocycles. The first-order valence-electron chi connectivity index (χ1n) is 6.97. The molecule has 0 bridgehead atoms. The standard InChI is InChI=1S/C18H16NO2P/c20-22(21-18-14-8-3-9-15-18)19(16-10-4-1-5-11-16)17-12-6-2-7-13-17/h1-15,20H. The van der Waals surface area contributed by atoms with E-state index in [2.05, 4.69) is 0 Å². The molecule has 0 amide bonds. The lowest BCUT2D eigenvalue weighted by Crippen LogP contribution is -2.13. The highest BCUT2D eigenvalue weighted by atomic mass is 31.2. The zero-order valence-corrected chi connectivity index (χ0v) is 12.8. The van der Waals surface area contributed by atoms with Crippen LogP contribution in [0.2, 0.25) is 0 Å². The maximum absolute atomic E-state index is 10.6. The summed E-state index contributed by atoms with van der Waals surface area (Å²) in [5, 5.41) is 0. The minimum atomic E-state index is -1.84. The third-order valence-electron chi connectivity index (χ3n) is 3.10. The van der Waals surface area contributed by atoms with E-state index in [0.29, 0.717) is 5.75 Å². The van der Waals surface area contributed by atoms with Gasteiger partial charge in [-0.25, -0.2) is 0 Å². The minimum Gasteiger partial charge on any atom is -0.432 e. The van der Waals surface area contributed by atoms with Gasteiger partial charge in [0.15, 0.2) is 0 Å². The number of hydrogen-bond acceptors (Lipinski definition) is 3. The van der Waals surface area contributed by atoms with E-state index < -0.39 is 8.53 Å². The molecule has 0 aliphatic carbocycles. The first kappa shape index (κ1) is 14.6. The van der Waals surface area contributed by atoms with Gasteiger partial charge in [0.05, 0.1) is 0 Å². The second kappa shape index (κ2) is 7.08. The molecule has 0 radical (unpaired) electrons. The first-order valence-corrected chi connectivity index (χ1v) is 8.13. The van der Waals surface area contributed by atoms with E-state index >= 15 is 0 Å². The highest BCUT2D eigenvalue weighted by Gasteiger charge is 2.22. The summed E-state index contributed by atoms with van der Waals surface area (Å²) in [6.45, 7) is 0. The molecule has 0 spiro atoms. The van der Waals surface area contributed by atoms with Gasteiger partial charge in [0.25, 0.3) is 0 Å². The van der Waals surface area contributed by atoms with Crippen molar-refractivity contribution < 1.29 is 9.42 Å². The van der Waals surface area contributed by atoms with E-state index in [0.717, 1.165) is 11.4 Å². The number of anilines is 2. The third kappa shape index (κ3) is 3.45. The van der Waals surface area contributed by atoms with Crippen LogP contribution in [0.1, 0.15) is 0 Å². The Morgan fingerprint density at radius 1 is 0.636 bits per heavy atom. The van der Waals surface area contributed by atoms with Gasteiger partial charge in [0, 0.05) is 11.4 Å². The topological polar surface area (TPSA) is 32.7 Å². The van der Waals surface area contributed by atoms with E-state index in [1.165, 1.54) is 0 Å².